The summed E-state index contributed by atoms with van der Waals surface area (Å²) in [6, 6.07) is 11.3. The van der Waals surface area contributed by atoms with Crippen molar-refractivity contribution in [2.24, 2.45) is 0 Å². The number of amides is 1. The molecule has 0 atom stereocenters. The monoisotopic (exact) mass is 390 g/mol. The molecule has 2 rings (SSSR count). The minimum Gasteiger partial charge on any atom is -0.481 e. The van der Waals surface area contributed by atoms with Crippen LogP contribution in [0.5, 0.6) is 0 Å². The molecular formula is C19H22N2O5S. The van der Waals surface area contributed by atoms with Crippen LogP contribution in [0.15, 0.2) is 47.4 Å². The third-order valence-corrected chi connectivity index (χ3v) is 5.27. The summed E-state index contributed by atoms with van der Waals surface area (Å²) >= 11 is 0. The Kier molecular flexibility index (Phi) is 6.57. The van der Waals surface area contributed by atoms with E-state index >= 15 is 0 Å². The fourth-order valence-electron chi connectivity index (χ4n) is 2.47. The predicted molar refractivity (Wildman–Crippen MR) is 102 cm³/mol. The summed E-state index contributed by atoms with van der Waals surface area (Å²) < 4.78 is 27.8. The number of sulfonamides is 1. The summed E-state index contributed by atoms with van der Waals surface area (Å²) in [6.07, 6.45) is 0.251. The molecule has 2 aromatic rings. The van der Waals surface area contributed by atoms with Crippen molar-refractivity contribution in [3.63, 3.8) is 0 Å². The van der Waals surface area contributed by atoms with Crippen molar-refractivity contribution in [2.75, 3.05) is 11.3 Å². The lowest BCUT2D eigenvalue weighted by molar-refractivity contribution is -0.137. The van der Waals surface area contributed by atoms with Crippen LogP contribution in [-0.4, -0.2) is 31.9 Å². The summed E-state index contributed by atoms with van der Waals surface area (Å²) in [4.78, 5) is 22.8. The second-order valence-corrected chi connectivity index (χ2v) is 7.89. The van der Waals surface area contributed by atoms with Gasteiger partial charge in [-0.2, -0.15) is 0 Å². The number of rotatable bonds is 8. The number of hydrogen-bond acceptors (Lipinski definition) is 4. The van der Waals surface area contributed by atoms with Crippen molar-refractivity contribution in [3.8, 4) is 0 Å². The summed E-state index contributed by atoms with van der Waals surface area (Å²) in [7, 11) is -3.85. The minimum atomic E-state index is -3.85. The van der Waals surface area contributed by atoms with E-state index in [0.717, 1.165) is 5.56 Å². The van der Waals surface area contributed by atoms with Gasteiger partial charge in [-0.15, -0.1) is 0 Å². The van der Waals surface area contributed by atoms with Gasteiger partial charge in [-0.05, 0) is 55.7 Å². The lowest BCUT2D eigenvalue weighted by Crippen LogP contribution is -2.26. The molecule has 0 fully saturated rings. The first-order valence-corrected chi connectivity index (χ1v) is 9.87. The molecule has 3 N–H and O–H groups in total. The van der Waals surface area contributed by atoms with Crippen LogP contribution in [0.2, 0.25) is 0 Å². The van der Waals surface area contributed by atoms with E-state index in [1.54, 1.807) is 31.2 Å². The van der Waals surface area contributed by atoms with Gasteiger partial charge in [0, 0.05) is 24.2 Å². The highest BCUT2D eigenvalue weighted by Gasteiger charge is 2.18. The Morgan fingerprint density at radius 1 is 1.07 bits per heavy atom. The van der Waals surface area contributed by atoms with E-state index in [2.05, 4.69) is 10.0 Å². The first kappa shape index (κ1) is 20.4. The number of benzene rings is 2. The second kappa shape index (κ2) is 8.68. The first-order valence-electron chi connectivity index (χ1n) is 8.39. The van der Waals surface area contributed by atoms with Crippen LogP contribution in [0, 0.1) is 13.8 Å². The van der Waals surface area contributed by atoms with Crippen molar-refractivity contribution in [3.05, 3.63) is 59.2 Å². The summed E-state index contributed by atoms with van der Waals surface area (Å²) in [5.41, 5.74) is 2.22. The van der Waals surface area contributed by atoms with Gasteiger partial charge in [0.1, 0.15) is 0 Å². The average Bonchev–Trinajstić information content (AvgIpc) is 2.58. The second-order valence-electron chi connectivity index (χ2n) is 6.20. The lowest BCUT2D eigenvalue weighted by Gasteiger charge is -2.12. The largest absolute Gasteiger partial charge is 0.481 e. The normalized spacial score (nSPS) is 11.0. The molecule has 1 amide bonds. The first-order chi connectivity index (χ1) is 12.7. The molecule has 0 aliphatic carbocycles. The van der Waals surface area contributed by atoms with Gasteiger partial charge in [-0.25, -0.2) is 8.42 Å². The van der Waals surface area contributed by atoms with E-state index in [1.807, 2.05) is 13.0 Å². The Labute approximate surface area is 158 Å². The number of carbonyl (C=O) groups excluding carboxylic acids is 1. The molecule has 0 aliphatic heterocycles. The number of aliphatic carboxylic acids is 1. The smallest absolute Gasteiger partial charge is 0.303 e. The van der Waals surface area contributed by atoms with Crippen LogP contribution >= 0.6 is 0 Å². The molecule has 0 bridgehead atoms. The highest BCUT2D eigenvalue weighted by Crippen LogP contribution is 2.20. The molecule has 0 spiro atoms. The fraction of sp³-hybridized carbons (Fsp3) is 0.263. The Morgan fingerprint density at radius 2 is 1.81 bits per heavy atom. The third kappa shape index (κ3) is 5.82. The van der Waals surface area contributed by atoms with Crippen LogP contribution in [-0.2, 0) is 14.8 Å². The number of hydrogen-bond donors (Lipinski definition) is 3. The van der Waals surface area contributed by atoms with Gasteiger partial charge >= 0.3 is 5.97 Å². The van der Waals surface area contributed by atoms with Crippen molar-refractivity contribution in [2.45, 2.75) is 31.6 Å². The Bertz CT molecular complexity index is 954. The molecule has 0 saturated carbocycles. The van der Waals surface area contributed by atoms with Crippen molar-refractivity contribution in [1.82, 2.24) is 5.32 Å². The third-order valence-electron chi connectivity index (χ3n) is 3.89. The van der Waals surface area contributed by atoms with Crippen LogP contribution < -0.4 is 10.0 Å². The maximum Gasteiger partial charge on any atom is 0.303 e. The number of anilines is 1. The highest BCUT2D eigenvalue weighted by molar-refractivity contribution is 7.92. The van der Waals surface area contributed by atoms with E-state index in [1.165, 1.54) is 12.1 Å². The molecule has 8 heteroatoms. The van der Waals surface area contributed by atoms with Crippen LogP contribution in [0.1, 0.15) is 34.3 Å². The number of nitrogens with one attached hydrogen (secondary N) is 2. The summed E-state index contributed by atoms with van der Waals surface area (Å²) in [6.45, 7) is 3.76. The zero-order chi connectivity index (χ0) is 20.0. The van der Waals surface area contributed by atoms with E-state index in [0.29, 0.717) is 17.7 Å². The molecule has 0 heterocycles. The SMILES string of the molecule is Cc1cccc(NS(=O)(=O)c2ccc(C)c(C(=O)NCCCC(=O)O)c2)c1. The Balaban J connectivity index is 2.17. The quantitative estimate of drug-likeness (QED) is 0.600. The van der Waals surface area contributed by atoms with Gasteiger partial charge in [0.05, 0.1) is 4.90 Å². The maximum absolute atomic E-state index is 12.6. The Morgan fingerprint density at radius 3 is 2.48 bits per heavy atom. The number of carbonyl (C=O) groups is 2. The lowest BCUT2D eigenvalue weighted by atomic mass is 10.1. The summed E-state index contributed by atoms with van der Waals surface area (Å²) in [5.74, 6) is -1.37. The van der Waals surface area contributed by atoms with Gasteiger partial charge in [0.15, 0.2) is 0 Å². The summed E-state index contributed by atoms with van der Waals surface area (Å²) in [5, 5.41) is 11.2. The maximum atomic E-state index is 12.6. The topological polar surface area (TPSA) is 113 Å². The number of carboxylic acid groups (broad SMARTS) is 1. The standard InChI is InChI=1S/C19H22N2O5S/c1-13-5-3-6-15(11-13)21-27(25,26)16-9-8-14(2)17(12-16)19(24)20-10-4-7-18(22)23/h3,5-6,8-9,11-12,21H,4,7,10H2,1-2H3,(H,20,24)(H,22,23). The molecular weight excluding hydrogens is 368 g/mol. The molecule has 2 aromatic carbocycles. The highest BCUT2D eigenvalue weighted by atomic mass is 32.2. The zero-order valence-corrected chi connectivity index (χ0v) is 16.0. The molecule has 0 saturated heterocycles. The predicted octanol–water partition coefficient (Wildman–Crippen LogP) is 2.70. The van der Waals surface area contributed by atoms with Crippen LogP contribution in [0.3, 0.4) is 0 Å². The molecule has 0 radical (unpaired) electrons. The molecule has 27 heavy (non-hydrogen) atoms. The van der Waals surface area contributed by atoms with Crippen molar-refractivity contribution in [1.29, 1.82) is 0 Å². The van der Waals surface area contributed by atoms with Gasteiger partial charge < -0.3 is 10.4 Å². The van der Waals surface area contributed by atoms with Gasteiger partial charge in [0.25, 0.3) is 15.9 Å². The molecule has 7 nitrogen and oxygen atoms in total. The fourth-order valence-corrected chi connectivity index (χ4v) is 3.55. The van der Waals surface area contributed by atoms with E-state index in [9.17, 15) is 18.0 Å². The Hall–Kier alpha value is -2.87. The van der Waals surface area contributed by atoms with E-state index in [-0.39, 0.29) is 23.4 Å². The van der Waals surface area contributed by atoms with Gasteiger partial charge in [0.2, 0.25) is 0 Å². The average molecular weight is 390 g/mol. The molecule has 144 valence electrons. The van der Waals surface area contributed by atoms with Crippen molar-refractivity contribution < 1.29 is 23.1 Å². The minimum absolute atomic E-state index is 0.0229. The van der Waals surface area contributed by atoms with Crippen molar-refractivity contribution >= 4 is 27.6 Å². The number of carboxylic acids is 1. The van der Waals surface area contributed by atoms with E-state index < -0.39 is 21.9 Å². The molecule has 0 aliphatic rings. The van der Waals surface area contributed by atoms with Gasteiger partial charge in [-0.3, -0.25) is 14.3 Å². The number of aryl methyl sites for hydroxylation is 2. The van der Waals surface area contributed by atoms with Crippen LogP contribution in [0.4, 0.5) is 5.69 Å². The van der Waals surface area contributed by atoms with E-state index in [4.69, 9.17) is 5.11 Å². The van der Waals surface area contributed by atoms with Gasteiger partial charge in [-0.1, -0.05) is 18.2 Å². The molecule has 0 aromatic heterocycles. The zero-order valence-electron chi connectivity index (χ0n) is 15.2. The van der Waals surface area contributed by atoms with Crippen LogP contribution in [0.25, 0.3) is 0 Å². The molecule has 0 unspecified atom stereocenters.